The molecular formula is C24H36IN5. The molecule has 0 aliphatic carbocycles. The Morgan fingerprint density at radius 2 is 1.83 bits per heavy atom. The van der Waals surface area contributed by atoms with Crippen LogP contribution in [-0.4, -0.2) is 37.6 Å². The van der Waals surface area contributed by atoms with Crippen molar-refractivity contribution in [3.8, 4) is 0 Å². The number of aliphatic imine (C=N–C) groups is 1. The lowest BCUT2D eigenvalue weighted by molar-refractivity contribution is 0.485. The summed E-state index contributed by atoms with van der Waals surface area (Å²) in [5.41, 5.74) is 3.87. The van der Waals surface area contributed by atoms with Gasteiger partial charge in [0.1, 0.15) is 0 Å². The molecule has 1 aromatic carbocycles. The van der Waals surface area contributed by atoms with Gasteiger partial charge in [0.05, 0.1) is 6.04 Å². The van der Waals surface area contributed by atoms with Gasteiger partial charge in [-0.3, -0.25) is 9.98 Å². The standard InChI is InChI=1S/C24H35N5.HI/c1-18(2)23(21-10-8-12-26-16-21)17-27-24(25-4)28-19(3)20-9-7-11-22(15-20)29-13-5-6-14-29;/h7-12,15-16,18-19,23H,5-6,13-14,17H2,1-4H3,(H2,25,27,28);1H. The van der Waals surface area contributed by atoms with Crippen LogP contribution in [0.3, 0.4) is 0 Å². The highest BCUT2D eigenvalue weighted by Crippen LogP contribution is 2.25. The molecule has 30 heavy (non-hydrogen) atoms. The maximum Gasteiger partial charge on any atom is 0.191 e. The van der Waals surface area contributed by atoms with E-state index in [2.05, 4.69) is 76.6 Å². The third kappa shape index (κ3) is 6.59. The number of pyridine rings is 1. The molecule has 164 valence electrons. The summed E-state index contributed by atoms with van der Waals surface area (Å²) in [4.78, 5) is 11.2. The SMILES string of the molecule is CN=C(NCC(c1cccnc1)C(C)C)NC(C)c1cccc(N2CCCC2)c1.I. The number of rotatable bonds is 7. The summed E-state index contributed by atoms with van der Waals surface area (Å²) in [5.74, 6) is 1.73. The maximum atomic E-state index is 4.45. The quantitative estimate of drug-likeness (QED) is 0.307. The Kier molecular flexibility index (Phi) is 9.88. The highest BCUT2D eigenvalue weighted by atomic mass is 127. The van der Waals surface area contributed by atoms with E-state index in [-0.39, 0.29) is 30.0 Å². The van der Waals surface area contributed by atoms with Gasteiger partial charge in [0.2, 0.25) is 0 Å². The molecule has 1 aliphatic heterocycles. The van der Waals surface area contributed by atoms with Crippen molar-refractivity contribution >= 4 is 35.6 Å². The van der Waals surface area contributed by atoms with E-state index in [1.165, 1.54) is 42.7 Å². The van der Waals surface area contributed by atoms with Crippen LogP contribution in [0, 0.1) is 5.92 Å². The van der Waals surface area contributed by atoms with Gasteiger partial charge in [-0.05, 0) is 55.0 Å². The largest absolute Gasteiger partial charge is 0.372 e. The van der Waals surface area contributed by atoms with Crippen LogP contribution in [0.2, 0.25) is 0 Å². The second-order valence-corrected chi connectivity index (χ2v) is 8.25. The summed E-state index contributed by atoms with van der Waals surface area (Å²) < 4.78 is 0. The Hall–Kier alpha value is -1.83. The van der Waals surface area contributed by atoms with Gasteiger partial charge in [0, 0.05) is 50.7 Å². The van der Waals surface area contributed by atoms with E-state index in [9.17, 15) is 0 Å². The molecule has 1 aromatic heterocycles. The predicted octanol–water partition coefficient (Wildman–Crippen LogP) is 4.97. The Bertz CT molecular complexity index is 787. The minimum absolute atomic E-state index is 0. The van der Waals surface area contributed by atoms with Crippen molar-refractivity contribution in [2.45, 2.75) is 45.6 Å². The molecule has 2 N–H and O–H groups in total. The molecule has 1 aliphatic rings. The lowest BCUT2D eigenvalue weighted by Crippen LogP contribution is -2.41. The lowest BCUT2D eigenvalue weighted by Gasteiger charge is -2.25. The molecule has 2 heterocycles. The maximum absolute atomic E-state index is 4.45. The van der Waals surface area contributed by atoms with Crippen LogP contribution in [0.15, 0.2) is 53.8 Å². The molecular weight excluding hydrogens is 485 g/mol. The molecule has 0 radical (unpaired) electrons. The summed E-state index contributed by atoms with van der Waals surface area (Å²) in [5, 5.41) is 7.07. The second kappa shape index (κ2) is 12.1. The van der Waals surface area contributed by atoms with Crippen LogP contribution in [-0.2, 0) is 0 Å². The zero-order chi connectivity index (χ0) is 20.6. The van der Waals surface area contributed by atoms with Crippen molar-refractivity contribution in [2.24, 2.45) is 10.9 Å². The fourth-order valence-electron chi connectivity index (χ4n) is 3.99. The average molecular weight is 521 g/mol. The van der Waals surface area contributed by atoms with Crippen LogP contribution in [0.1, 0.15) is 56.7 Å². The predicted molar refractivity (Wildman–Crippen MR) is 138 cm³/mol. The number of guanidine groups is 1. The van der Waals surface area contributed by atoms with Crippen molar-refractivity contribution in [2.75, 3.05) is 31.6 Å². The molecule has 1 fully saturated rings. The molecule has 0 amide bonds. The lowest BCUT2D eigenvalue weighted by atomic mass is 9.89. The molecule has 1 saturated heterocycles. The zero-order valence-electron chi connectivity index (χ0n) is 18.6. The number of benzene rings is 1. The van der Waals surface area contributed by atoms with Crippen LogP contribution in [0.5, 0.6) is 0 Å². The van der Waals surface area contributed by atoms with Crippen LogP contribution in [0.4, 0.5) is 5.69 Å². The highest BCUT2D eigenvalue weighted by molar-refractivity contribution is 14.0. The third-order valence-corrected chi connectivity index (χ3v) is 5.82. The first-order valence-corrected chi connectivity index (χ1v) is 10.8. The Morgan fingerprint density at radius 1 is 1.10 bits per heavy atom. The monoisotopic (exact) mass is 521 g/mol. The molecule has 2 aromatic rings. The molecule has 6 heteroatoms. The topological polar surface area (TPSA) is 52.6 Å². The molecule has 0 spiro atoms. The fourth-order valence-corrected chi connectivity index (χ4v) is 3.99. The number of hydrogen-bond acceptors (Lipinski definition) is 3. The van der Waals surface area contributed by atoms with Crippen molar-refractivity contribution in [1.29, 1.82) is 0 Å². The third-order valence-electron chi connectivity index (χ3n) is 5.82. The number of nitrogens with one attached hydrogen (secondary N) is 2. The van der Waals surface area contributed by atoms with E-state index < -0.39 is 0 Å². The van der Waals surface area contributed by atoms with Gasteiger partial charge in [-0.15, -0.1) is 24.0 Å². The second-order valence-electron chi connectivity index (χ2n) is 8.25. The Morgan fingerprint density at radius 3 is 2.47 bits per heavy atom. The summed E-state index contributed by atoms with van der Waals surface area (Å²) >= 11 is 0. The number of halogens is 1. The number of aromatic nitrogens is 1. The van der Waals surface area contributed by atoms with Gasteiger partial charge in [-0.25, -0.2) is 0 Å². The smallest absolute Gasteiger partial charge is 0.191 e. The van der Waals surface area contributed by atoms with E-state index in [1.807, 2.05) is 25.5 Å². The molecule has 3 rings (SSSR count). The fraction of sp³-hybridized carbons (Fsp3) is 0.500. The van der Waals surface area contributed by atoms with Crippen LogP contribution < -0.4 is 15.5 Å². The van der Waals surface area contributed by atoms with Crippen molar-refractivity contribution in [3.63, 3.8) is 0 Å². The average Bonchev–Trinajstić information content (AvgIpc) is 3.28. The zero-order valence-corrected chi connectivity index (χ0v) is 21.0. The number of nitrogens with zero attached hydrogens (tertiary/aromatic N) is 3. The number of hydrogen-bond donors (Lipinski definition) is 2. The normalized spacial score (nSPS) is 16.2. The first kappa shape index (κ1) is 24.4. The molecule has 0 bridgehead atoms. The van der Waals surface area contributed by atoms with Crippen molar-refractivity contribution in [3.05, 3.63) is 59.9 Å². The van der Waals surface area contributed by atoms with Gasteiger partial charge >= 0.3 is 0 Å². The van der Waals surface area contributed by atoms with Crippen LogP contribution >= 0.6 is 24.0 Å². The summed E-state index contributed by atoms with van der Waals surface area (Å²) in [7, 11) is 1.83. The van der Waals surface area contributed by atoms with E-state index in [0.29, 0.717) is 11.8 Å². The number of anilines is 1. The van der Waals surface area contributed by atoms with E-state index in [0.717, 1.165) is 12.5 Å². The van der Waals surface area contributed by atoms with Gasteiger partial charge in [0.25, 0.3) is 0 Å². The van der Waals surface area contributed by atoms with E-state index in [1.54, 1.807) is 0 Å². The highest BCUT2D eigenvalue weighted by Gasteiger charge is 2.18. The molecule has 2 unspecified atom stereocenters. The molecule has 5 nitrogen and oxygen atoms in total. The summed E-state index contributed by atoms with van der Waals surface area (Å²) in [6, 6.07) is 13.2. The van der Waals surface area contributed by atoms with Gasteiger partial charge in [0.15, 0.2) is 5.96 Å². The minimum atomic E-state index is 0. The summed E-state index contributed by atoms with van der Waals surface area (Å²) in [6.45, 7) is 9.85. The van der Waals surface area contributed by atoms with E-state index >= 15 is 0 Å². The van der Waals surface area contributed by atoms with Crippen LogP contribution in [0.25, 0.3) is 0 Å². The summed E-state index contributed by atoms with van der Waals surface area (Å²) in [6.07, 6.45) is 6.38. The minimum Gasteiger partial charge on any atom is -0.372 e. The Labute approximate surface area is 198 Å². The first-order valence-electron chi connectivity index (χ1n) is 10.8. The van der Waals surface area contributed by atoms with Crippen molar-refractivity contribution in [1.82, 2.24) is 15.6 Å². The van der Waals surface area contributed by atoms with Gasteiger partial charge in [-0.2, -0.15) is 0 Å². The molecule has 0 saturated carbocycles. The van der Waals surface area contributed by atoms with E-state index in [4.69, 9.17) is 0 Å². The van der Waals surface area contributed by atoms with Crippen molar-refractivity contribution < 1.29 is 0 Å². The first-order chi connectivity index (χ1) is 14.1. The Balaban J connectivity index is 0.00000320. The van der Waals surface area contributed by atoms with Gasteiger partial charge in [-0.1, -0.05) is 32.0 Å². The molecule has 2 atom stereocenters. The van der Waals surface area contributed by atoms with Gasteiger partial charge < -0.3 is 15.5 Å².